The highest BCUT2D eigenvalue weighted by Gasteiger charge is 2.36. The third kappa shape index (κ3) is 1.29. The molecule has 0 aromatic heterocycles. The van der Waals surface area contributed by atoms with Crippen LogP contribution in [-0.4, -0.2) is 46.7 Å². The highest BCUT2D eigenvalue weighted by atomic mass is 16.4. The van der Waals surface area contributed by atoms with Crippen molar-refractivity contribution in [3.8, 4) is 0 Å². The van der Waals surface area contributed by atoms with Gasteiger partial charge in [-0.2, -0.15) is 0 Å². The van der Waals surface area contributed by atoms with Crippen LogP contribution in [-0.2, 0) is 0 Å². The van der Waals surface area contributed by atoms with Gasteiger partial charge in [0.05, 0.1) is 12.7 Å². The molecule has 0 aliphatic carbocycles. The van der Waals surface area contributed by atoms with Crippen LogP contribution in [0.15, 0.2) is 0 Å². The summed E-state index contributed by atoms with van der Waals surface area (Å²) in [5, 5.41) is 30.2. The van der Waals surface area contributed by atoms with Crippen molar-refractivity contribution in [1.82, 2.24) is 5.32 Å². The first-order valence-corrected chi connectivity index (χ1v) is 3.41. The Balaban J connectivity index is 2.54. The Bertz CT molecular complexity index is 120. The van der Waals surface area contributed by atoms with Gasteiger partial charge in [-0.3, -0.25) is 0 Å². The molecule has 1 heterocycles. The monoisotopic (exact) mass is 147 g/mol. The molecular weight excluding hydrogens is 134 g/mol. The zero-order valence-corrected chi connectivity index (χ0v) is 5.75. The molecule has 1 rings (SSSR count). The van der Waals surface area contributed by atoms with Gasteiger partial charge in [-0.15, -0.1) is 0 Å². The van der Waals surface area contributed by atoms with Gasteiger partial charge in [0.1, 0.15) is 5.60 Å². The van der Waals surface area contributed by atoms with E-state index in [0.717, 1.165) is 0 Å². The first-order chi connectivity index (χ1) is 4.69. The van der Waals surface area contributed by atoms with Crippen LogP contribution in [0.25, 0.3) is 0 Å². The minimum absolute atomic E-state index is 0.358. The molecule has 1 saturated heterocycles. The van der Waals surface area contributed by atoms with Crippen LogP contribution in [0.2, 0.25) is 0 Å². The van der Waals surface area contributed by atoms with E-state index in [4.69, 9.17) is 10.2 Å². The molecule has 1 aliphatic heterocycles. The van der Waals surface area contributed by atoms with E-state index in [9.17, 15) is 5.11 Å². The molecule has 4 nitrogen and oxygen atoms in total. The predicted octanol–water partition coefficient (Wildman–Crippen LogP) is -1.94. The van der Waals surface area contributed by atoms with E-state index >= 15 is 0 Å². The lowest BCUT2D eigenvalue weighted by Crippen LogP contribution is -2.56. The maximum atomic E-state index is 9.41. The molecule has 0 spiro atoms. The lowest BCUT2D eigenvalue weighted by molar-refractivity contribution is -0.119. The van der Waals surface area contributed by atoms with Crippen molar-refractivity contribution in [2.24, 2.45) is 0 Å². The van der Waals surface area contributed by atoms with Crippen molar-refractivity contribution >= 4 is 0 Å². The largest absolute Gasteiger partial charge is 0.393 e. The molecule has 0 aromatic rings. The van der Waals surface area contributed by atoms with Gasteiger partial charge in [-0.1, -0.05) is 0 Å². The third-order valence-electron chi connectivity index (χ3n) is 1.97. The summed E-state index contributed by atoms with van der Waals surface area (Å²) in [6, 6.07) is 0. The van der Waals surface area contributed by atoms with E-state index in [1.54, 1.807) is 0 Å². The molecular formula is C6H13NO3. The minimum atomic E-state index is -1.27. The zero-order valence-electron chi connectivity index (χ0n) is 5.75. The van der Waals surface area contributed by atoms with Crippen LogP contribution in [0.4, 0.5) is 0 Å². The number of rotatable bonds is 1. The summed E-state index contributed by atoms with van der Waals surface area (Å²) in [6.07, 6.45) is -0.434. The number of β-amino-alcohol motifs (C(OH)–C–C–N with tert-alkyl or cyclic N) is 1. The fraction of sp³-hybridized carbons (Fsp3) is 1.00. The molecule has 4 heteroatoms. The van der Waals surface area contributed by atoms with Crippen molar-refractivity contribution in [2.45, 2.75) is 18.1 Å². The average molecular weight is 147 g/mol. The summed E-state index contributed by atoms with van der Waals surface area (Å²) in [5.74, 6) is 0. The summed E-state index contributed by atoms with van der Waals surface area (Å²) < 4.78 is 0. The summed E-state index contributed by atoms with van der Waals surface area (Å²) in [7, 11) is 0. The minimum Gasteiger partial charge on any atom is -0.393 e. The van der Waals surface area contributed by atoms with Crippen molar-refractivity contribution in [1.29, 1.82) is 0 Å². The number of nitrogens with one attached hydrogen (secondary N) is 1. The first kappa shape index (κ1) is 7.94. The van der Waals surface area contributed by atoms with Crippen LogP contribution in [0, 0.1) is 0 Å². The highest BCUT2D eigenvalue weighted by Crippen LogP contribution is 2.16. The molecule has 0 radical (unpaired) electrons. The van der Waals surface area contributed by atoms with Crippen molar-refractivity contribution in [3.63, 3.8) is 0 Å². The van der Waals surface area contributed by atoms with Crippen LogP contribution < -0.4 is 5.32 Å². The fourth-order valence-electron chi connectivity index (χ4n) is 1.08. The standard InChI is InChI=1S/C6H13NO3/c8-4-6(10)1-2-7-3-5(6)9/h5,7-10H,1-4H2/t5-,6-/m1/s1. The summed E-state index contributed by atoms with van der Waals surface area (Å²) in [4.78, 5) is 0. The molecule has 4 N–H and O–H groups in total. The molecule has 0 aromatic carbocycles. The number of hydrogen-bond donors (Lipinski definition) is 4. The van der Waals surface area contributed by atoms with E-state index in [0.29, 0.717) is 19.5 Å². The molecule has 60 valence electrons. The molecule has 0 amide bonds. The highest BCUT2D eigenvalue weighted by molar-refractivity contribution is 4.91. The molecule has 10 heavy (non-hydrogen) atoms. The number of hydrogen-bond acceptors (Lipinski definition) is 4. The normalized spacial score (nSPS) is 41.7. The Morgan fingerprint density at radius 2 is 2.30 bits per heavy atom. The zero-order chi connectivity index (χ0) is 7.61. The van der Waals surface area contributed by atoms with E-state index < -0.39 is 11.7 Å². The second-order valence-electron chi connectivity index (χ2n) is 2.73. The second-order valence-corrected chi connectivity index (χ2v) is 2.73. The molecule has 1 aliphatic rings. The Morgan fingerprint density at radius 3 is 2.70 bits per heavy atom. The molecule has 2 atom stereocenters. The van der Waals surface area contributed by atoms with Gasteiger partial charge < -0.3 is 20.6 Å². The van der Waals surface area contributed by atoms with Crippen LogP contribution in [0.5, 0.6) is 0 Å². The van der Waals surface area contributed by atoms with Gasteiger partial charge >= 0.3 is 0 Å². The van der Waals surface area contributed by atoms with Gasteiger partial charge in [-0.05, 0) is 13.0 Å². The van der Waals surface area contributed by atoms with Gasteiger partial charge in [0.25, 0.3) is 0 Å². The maximum Gasteiger partial charge on any atom is 0.116 e. The quantitative estimate of drug-likeness (QED) is 0.348. The molecule has 1 fully saturated rings. The average Bonchev–Trinajstić information content (AvgIpc) is 1.96. The Labute approximate surface area is 59.5 Å². The van der Waals surface area contributed by atoms with Crippen molar-refractivity contribution < 1.29 is 15.3 Å². The Morgan fingerprint density at radius 1 is 1.60 bits per heavy atom. The van der Waals surface area contributed by atoms with E-state index in [-0.39, 0.29) is 6.61 Å². The van der Waals surface area contributed by atoms with Crippen molar-refractivity contribution in [3.05, 3.63) is 0 Å². The van der Waals surface area contributed by atoms with Crippen LogP contribution in [0.3, 0.4) is 0 Å². The first-order valence-electron chi connectivity index (χ1n) is 3.41. The summed E-state index contributed by atoms with van der Waals surface area (Å²) in [5.41, 5.74) is -1.27. The van der Waals surface area contributed by atoms with Gasteiger partial charge in [0, 0.05) is 6.54 Å². The van der Waals surface area contributed by atoms with E-state index in [2.05, 4.69) is 5.32 Å². The topological polar surface area (TPSA) is 72.7 Å². The Kier molecular flexibility index (Phi) is 2.25. The Hall–Kier alpha value is -0.160. The van der Waals surface area contributed by atoms with Gasteiger partial charge in [0.2, 0.25) is 0 Å². The molecule has 0 saturated carbocycles. The smallest absolute Gasteiger partial charge is 0.116 e. The lowest BCUT2D eigenvalue weighted by atomic mass is 9.91. The summed E-state index contributed by atoms with van der Waals surface area (Å²) >= 11 is 0. The lowest BCUT2D eigenvalue weighted by Gasteiger charge is -2.35. The second kappa shape index (κ2) is 2.84. The van der Waals surface area contributed by atoms with Crippen LogP contribution in [0.1, 0.15) is 6.42 Å². The predicted molar refractivity (Wildman–Crippen MR) is 35.5 cm³/mol. The molecule has 0 unspecified atom stereocenters. The fourth-order valence-corrected chi connectivity index (χ4v) is 1.08. The summed E-state index contributed by atoms with van der Waals surface area (Å²) in [6.45, 7) is 0.640. The van der Waals surface area contributed by atoms with Gasteiger partial charge in [0.15, 0.2) is 0 Å². The van der Waals surface area contributed by atoms with Crippen LogP contribution >= 0.6 is 0 Å². The van der Waals surface area contributed by atoms with E-state index in [1.807, 2.05) is 0 Å². The molecule has 0 bridgehead atoms. The van der Waals surface area contributed by atoms with E-state index in [1.165, 1.54) is 0 Å². The number of piperidine rings is 1. The third-order valence-corrected chi connectivity index (χ3v) is 1.97. The van der Waals surface area contributed by atoms with Gasteiger partial charge in [-0.25, -0.2) is 0 Å². The number of aliphatic hydroxyl groups is 3. The van der Waals surface area contributed by atoms with Crippen molar-refractivity contribution in [2.75, 3.05) is 19.7 Å². The number of aliphatic hydroxyl groups excluding tert-OH is 2. The maximum absolute atomic E-state index is 9.41. The SMILES string of the molecule is OC[C@]1(O)CCNC[C@H]1O.